The summed E-state index contributed by atoms with van der Waals surface area (Å²) in [5.74, 6) is 2.75. The standard InChI is InChI=1S/C54H35N3O/c1-4-16-34(17-5-1)45-33-46(57-53(56-45)36-20-8-3-9-21-36)37-28-29-39-47(32-37)55-52(35-18-6-2-7-19-35)40-30-31-44-51(50(39)40)38-22-10-11-23-41(38)54(44)42-24-12-14-26-48(42)58-49-27-15-13-25-43(49)54/h1-33,45H,(H,56,57)/p+1. The summed E-state index contributed by atoms with van der Waals surface area (Å²) in [6.45, 7) is 0. The number of amidine groups is 1. The van der Waals surface area contributed by atoms with Crippen molar-refractivity contribution in [2.24, 2.45) is 4.99 Å². The summed E-state index contributed by atoms with van der Waals surface area (Å²) in [5, 5.41) is 5.73. The van der Waals surface area contributed by atoms with E-state index in [4.69, 9.17) is 14.7 Å². The van der Waals surface area contributed by atoms with E-state index in [9.17, 15) is 0 Å². The third-order valence-electron chi connectivity index (χ3n) is 12.3. The maximum absolute atomic E-state index is 6.64. The van der Waals surface area contributed by atoms with Gasteiger partial charge in [0.15, 0.2) is 0 Å². The van der Waals surface area contributed by atoms with Crippen LogP contribution >= 0.6 is 0 Å². The quantitative estimate of drug-likeness (QED) is 0.183. The van der Waals surface area contributed by atoms with Gasteiger partial charge >= 0.3 is 0 Å². The predicted molar refractivity (Wildman–Crippen MR) is 234 cm³/mol. The lowest BCUT2D eigenvalue weighted by Gasteiger charge is -2.39. The summed E-state index contributed by atoms with van der Waals surface area (Å²) in [4.78, 5) is 10.9. The van der Waals surface area contributed by atoms with Crippen LogP contribution in [0.3, 0.4) is 0 Å². The first-order valence-corrected chi connectivity index (χ1v) is 19.9. The molecule has 2 N–H and O–H groups in total. The van der Waals surface area contributed by atoms with E-state index in [1.165, 1.54) is 33.2 Å². The Morgan fingerprint density at radius 1 is 0.500 bits per heavy atom. The number of benzene rings is 8. The number of aromatic nitrogens is 1. The number of hydrogen-bond donors (Lipinski definition) is 1. The molecule has 0 saturated heterocycles. The molecular formula is C54H36N3O+. The summed E-state index contributed by atoms with van der Waals surface area (Å²) in [7, 11) is 0. The van der Waals surface area contributed by atoms with Crippen molar-refractivity contribution in [3.05, 3.63) is 239 Å². The highest BCUT2D eigenvalue weighted by molar-refractivity contribution is 6.20. The topological polar surface area (TPSA) is 51.1 Å². The fourth-order valence-corrected chi connectivity index (χ4v) is 9.80. The van der Waals surface area contributed by atoms with Crippen molar-refractivity contribution in [1.82, 2.24) is 4.98 Å². The molecule has 1 aromatic heterocycles. The Hall–Kier alpha value is -7.40. The van der Waals surface area contributed by atoms with E-state index in [-0.39, 0.29) is 6.04 Å². The van der Waals surface area contributed by atoms with Crippen LogP contribution < -0.4 is 10.1 Å². The molecule has 1 spiro atoms. The molecule has 1 atom stereocenters. The first-order valence-electron chi connectivity index (χ1n) is 19.9. The van der Waals surface area contributed by atoms with Gasteiger partial charge in [-0.1, -0.05) is 164 Å². The highest BCUT2D eigenvalue weighted by atomic mass is 16.5. The molecule has 9 aromatic rings. The summed E-state index contributed by atoms with van der Waals surface area (Å²) in [5.41, 5.74) is 14.1. The number of ether oxygens (including phenoxy) is 1. The predicted octanol–water partition coefficient (Wildman–Crippen LogP) is 11.6. The van der Waals surface area contributed by atoms with Crippen molar-refractivity contribution in [2.75, 3.05) is 0 Å². The number of fused-ring (bicyclic) bond motifs is 13. The maximum Gasteiger partial charge on any atom is 0.232 e. The maximum atomic E-state index is 6.64. The number of para-hydroxylation sites is 2. The first-order chi connectivity index (χ1) is 28.8. The number of hydrogen-bond acceptors (Lipinski definition) is 3. The van der Waals surface area contributed by atoms with Crippen LogP contribution in [0.1, 0.15) is 45.0 Å². The summed E-state index contributed by atoms with van der Waals surface area (Å²) in [6, 6.07) is 69.4. The number of rotatable bonds is 4. The molecule has 1 aliphatic carbocycles. The van der Waals surface area contributed by atoms with E-state index >= 15 is 0 Å². The highest BCUT2D eigenvalue weighted by Crippen LogP contribution is 2.63. The second-order valence-corrected chi connectivity index (χ2v) is 15.4. The minimum atomic E-state index is -0.563. The lowest BCUT2D eigenvalue weighted by atomic mass is 9.66. The molecule has 0 radical (unpaired) electrons. The van der Waals surface area contributed by atoms with Crippen LogP contribution in [-0.4, -0.2) is 10.8 Å². The van der Waals surface area contributed by atoms with Gasteiger partial charge in [0.2, 0.25) is 5.84 Å². The molecule has 4 nitrogen and oxygen atoms in total. The number of aliphatic imine (C=N–C) groups is 1. The Bertz CT molecular complexity index is 3120. The zero-order chi connectivity index (χ0) is 38.2. The summed E-state index contributed by atoms with van der Waals surface area (Å²) in [6.07, 6.45) is 2.29. The van der Waals surface area contributed by atoms with Gasteiger partial charge in [-0.15, -0.1) is 0 Å². The second-order valence-electron chi connectivity index (χ2n) is 15.4. The molecule has 12 rings (SSSR count). The Morgan fingerprint density at radius 3 is 1.83 bits per heavy atom. The fourth-order valence-electron chi connectivity index (χ4n) is 9.80. The molecule has 3 aliphatic rings. The fraction of sp³-hybridized carbons (Fsp3) is 0.0370. The van der Waals surface area contributed by atoms with Crippen LogP contribution in [0.2, 0.25) is 0 Å². The smallest absolute Gasteiger partial charge is 0.232 e. The van der Waals surface area contributed by atoms with Crippen LogP contribution in [-0.2, 0) is 5.41 Å². The van der Waals surface area contributed by atoms with Crippen LogP contribution in [0, 0.1) is 0 Å². The van der Waals surface area contributed by atoms with Crippen molar-refractivity contribution in [3.63, 3.8) is 0 Å². The Morgan fingerprint density at radius 2 is 1.10 bits per heavy atom. The van der Waals surface area contributed by atoms with Gasteiger partial charge in [0.05, 0.1) is 27.9 Å². The number of nitrogens with zero attached hydrogens (tertiary/aromatic N) is 2. The number of nitrogens with two attached hydrogens (primary N) is 1. The molecule has 0 bridgehead atoms. The molecule has 4 heteroatoms. The SMILES string of the molecule is C1=C(c2ccc3c(c2)nc(-c2ccccc2)c2ccc4c(c23)-c2ccccc2C42c3ccccc3Oc3ccccc32)N=C(c2ccccc2)[NH2+]C1c1ccccc1. The highest BCUT2D eigenvalue weighted by Gasteiger charge is 2.51. The van der Waals surface area contributed by atoms with E-state index in [2.05, 4.69) is 206 Å². The lowest BCUT2D eigenvalue weighted by molar-refractivity contribution is -0.575. The normalized spacial score (nSPS) is 15.8. The van der Waals surface area contributed by atoms with Gasteiger partial charge < -0.3 is 4.74 Å². The van der Waals surface area contributed by atoms with Gasteiger partial charge in [0.1, 0.15) is 17.5 Å². The largest absolute Gasteiger partial charge is 0.457 e. The van der Waals surface area contributed by atoms with E-state index < -0.39 is 5.41 Å². The zero-order valence-electron chi connectivity index (χ0n) is 31.5. The molecule has 8 aromatic carbocycles. The van der Waals surface area contributed by atoms with Crippen LogP contribution in [0.4, 0.5) is 0 Å². The molecule has 2 aliphatic heterocycles. The van der Waals surface area contributed by atoms with Gasteiger partial charge in [-0.05, 0) is 52.6 Å². The van der Waals surface area contributed by atoms with Gasteiger partial charge in [-0.3, -0.25) is 5.32 Å². The van der Waals surface area contributed by atoms with Crippen LogP contribution in [0.15, 0.2) is 205 Å². The average Bonchev–Trinajstić information content (AvgIpc) is 3.60. The van der Waals surface area contributed by atoms with Gasteiger partial charge in [-0.25, -0.2) is 4.98 Å². The number of quaternary nitrogens is 1. The number of pyridine rings is 1. The minimum absolute atomic E-state index is 0.0743. The van der Waals surface area contributed by atoms with Crippen molar-refractivity contribution < 1.29 is 10.1 Å². The molecule has 1 unspecified atom stereocenters. The van der Waals surface area contributed by atoms with Crippen molar-refractivity contribution in [3.8, 4) is 33.9 Å². The van der Waals surface area contributed by atoms with E-state index in [0.29, 0.717) is 0 Å². The van der Waals surface area contributed by atoms with Crippen LogP contribution in [0.25, 0.3) is 49.8 Å². The molecule has 272 valence electrons. The monoisotopic (exact) mass is 742 g/mol. The van der Waals surface area contributed by atoms with Crippen molar-refractivity contribution in [2.45, 2.75) is 11.5 Å². The van der Waals surface area contributed by atoms with Crippen LogP contribution in [0.5, 0.6) is 11.5 Å². The molecule has 58 heavy (non-hydrogen) atoms. The molecular weight excluding hydrogens is 707 g/mol. The first kappa shape index (κ1) is 32.8. The molecule has 0 fully saturated rings. The minimum Gasteiger partial charge on any atom is -0.457 e. The third-order valence-corrected chi connectivity index (χ3v) is 12.3. The lowest BCUT2D eigenvalue weighted by Crippen LogP contribution is -2.89. The Labute approximate surface area is 336 Å². The second kappa shape index (κ2) is 12.8. The Kier molecular flexibility index (Phi) is 7.25. The van der Waals surface area contributed by atoms with Gasteiger partial charge in [0.25, 0.3) is 0 Å². The van der Waals surface area contributed by atoms with Gasteiger partial charge in [-0.2, -0.15) is 4.99 Å². The average molecular weight is 743 g/mol. The van der Waals surface area contributed by atoms with Gasteiger partial charge in [0, 0.05) is 50.1 Å². The van der Waals surface area contributed by atoms with Crippen molar-refractivity contribution >= 4 is 33.2 Å². The van der Waals surface area contributed by atoms with Crippen molar-refractivity contribution in [1.29, 1.82) is 0 Å². The van der Waals surface area contributed by atoms with E-state index in [1.54, 1.807) is 0 Å². The summed E-state index contributed by atoms with van der Waals surface area (Å²) >= 11 is 0. The Balaban J connectivity index is 1.15. The molecule has 0 amide bonds. The molecule has 0 saturated carbocycles. The zero-order valence-corrected chi connectivity index (χ0v) is 31.5. The van der Waals surface area contributed by atoms with E-state index in [0.717, 1.165) is 72.8 Å². The van der Waals surface area contributed by atoms with E-state index in [1.807, 2.05) is 0 Å². The molecule has 3 heterocycles. The third kappa shape index (κ3) is 4.79. The summed E-state index contributed by atoms with van der Waals surface area (Å²) < 4.78 is 6.64.